The Bertz CT molecular complexity index is 565. The van der Waals surface area contributed by atoms with E-state index in [1.54, 1.807) is 6.92 Å². The van der Waals surface area contributed by atoms with E-state index in [2.05, 4.69) is 44.5 Å². The standard InChI is InChI=1S/C13H13ClN4/c1-8-15-12(14)18-13(16-8)17-11-7-6-9-4-2-3-5-10(9)11/h2-5,11H,6-7H2,1H3,(H,15,16,17,18). The molecule has 0 bridgehead atoms. The van der Waals surface area contributed by atoms with E-state index in [0.29, 0.717) is 11.8 Å². The molecule has 1 atom stereocenters. The van der Waals surface area contributed by atoms with Gasteiger partial charge < -0.3 is 5.32 Å². The molecule has 1 N–H and O–H groups in total. The molecule has 4 nitrogen and oxygen atoms in total. The van der Waals surface area contributed by atoms with Gasteiger partial charge in [-0.15, -0.1) is 0 Å². The van der Waals surface area contributed by atoms with Gasteiger partial charge >= 0.3 is 0 Å². The van der Waals surface area contributed by atoms with Crippen LogP contribution in [0.25, 0.3) is 0 Å². The topological polar surface area (TPSA) is 50.7 Å². The maximum atomic E-state index is 5.83. The van der Waals surface area contributed by atoms with Gasteiger partial charge in [-0.25, -0.2) is 4.98 Å². The summed E-state index contributed by atoms with van der Waals surface area (Å²) in [5.74, 6) is 1.18. The molecular formula is C13H13ClN4. The van der Waals surface area contributed by atoms with Crippen LogP contribution in [0.15, 0.2) is 24.3 Å². The maximum Gasteiger partial charge on any atom is 0.227 e. The molecule has 0 saturated carbocycles. The lowest BCUT2D eigenvalue weighted by Gasteiger charge is -2.14. The summed E-state index contributed by atoms with van der Waals surface area (Å²) < 4.78 is 0. The number of fused-ring (bicyclic) bond motifs is 1. The molecule has 1 aromatic heterocycles. The molecule has 1 heterocycles. The first-order valence-electron chi connectivity index (χ1n) is 5.95. The third kappa shape index (κ3) is 2.16. The Morgan fingerprint density at radius 3 is 2.89 bits per heavy atom. The molecular weight excluding hydrogens is 248 g/mol. The van der Waals surface area contributed by atoms with Crippen molar-refractivity contribution < 1.29 is 0 Å². The Labute approximate surface area is 110 Å². The average Bonchev–Trinajstić information content (AvgIpc) is 2.72. The van der Waals surface area contributed by atoms with Crippen LogP contribution in [0.5, 0.6) is 0 Å². The van der Waals surface area contributed by atoms with Gasteiger partial charge in [0.25, 0.3) is 0 Å². The molecule has 0 radical (unpaired) electrons. The van der Waals surface area contributed by atoms with Gasteiger partial charge in [-0.3, -0.25) is 0 Å². The van der Waals surface area contributed by atoms with Crippen molar-refractivity contribution in [2.24, 2.45) is 0 Å². The lowest BCUT2D eigenvalue weighted by molar-refractivity contribution is 0.747. The molecule has 0 amide bonds. The zero-order valence-electron chi connectivity index (χ0n) is 10.0. The lowest BCUT2D eigenvalue weighted by atomic mass is 10.1. The Kier molecular flexibility index (Phi) is 2.88. The highest BCUT2D eigenvalue weighted by atomic mass is 35.5. The smallest absolute Gasteiger partial charge is 0.227 e. The second-order valence-corrected chi connectivity index (χ2v) is 4.75. The fraction of sp³-hybridized carbons (Fsp3) is 0.308. The average molecular weight is 261 g/mol. The minimum atomic E-state index is 0.233. The minimum absolute atomic E-state index is 0.233. The molecule has 5 heteroatoms. The number of rotatable bonds is 2. The number of aromatic nitrogens is 3. The minimum Gasteiger partial charge on any atom is -0.347 e. The van der Waals surface area contributed by atoms with Gasteiger partial charge in [-0.2, -0.15) is 9.97 Å². The van der Waals surface area contributed by atoms with E-state index in [0.717, 1.165) is 12.8 Å². The quantitative estimate of drug-likeness (QED) is 0.902. The normalized spacial score (nSPS) is 17.6. The van der Waals surface area contributed by atoms with Gasteiger partial charge in [0, 0.05) is 0 Å². The number of hydrogen-bond donors (Lipinski definition) is 1. The number of nitrogens with zero attached hydrogens (tertiary/aromatic N) is 3. The summed E-state index contributed by atoms with van der Waals surface area (Å²) >= 11 is 5.83. The number of hydrogen-bond acceptors (Lipinski definition) is 4. The predicted molar refractivity (Wildman–Crippen MR) is 70.7 cm³/mol. The van der Waals surface area contributed by atoms with Gasteiger partial charge in [0.15, 0.2) is 0 Å². The molecule has 1 aromatic carbocycles. The zero-order valence-corrected chi connectivity index (χ0v) is 10.8. The molecule has 0 spiro atoms. The van der Waals surface area contributed by atoms with Crippen LogP contribution in [0.3, 0.4) is 0 Å². The van der Waals surface area contributed by atoms with E-state index in [-0.39, 0.29) is 11.3 Å². The number of halogens is 1. The Balaban J connectivity index is 1.86. The number of anilines is 1. The third-order valence-electron chi connectivity index (χ3n) is 3.16. The van der Waals surface area contributed by atoms with Gasteiger partial charge in [-0.05, 0) is 42.5 Å². The summed E-state index contributed by atoms with van der Waals surface area (Å²) in [7, 11) is 0. The van der Waals surface area contributed by atoms with E-state index in [9.17, 15) is 0 Å². The summed E-state index contributed by atoms with van der Waals surface area (Å²) in [6.45, 7) is 1.81. The zero-order chi connectivity index (χ0) is 12.5. The van der Waals surface area contributed by atoms with Crippen LogP contribution in [-0.2, 0) is 6.42 Å². The van der Waals surface area contributed by atoms with Crippen molar-refractivity contribution in [3.05, 3.63) is 46.5 Å². The van der Waals surface area contributed by atoms with Gasteiger partial charge in [0.2, 0.25) is 11.2 Å². The highest BCUT2D eigenvalue weighted by molar-refractivity contribution is 6.28. The van der Waals surface area contributed by atoms with Gasteiger partial charge in [0.05, 0.1) is 6.04 Å². The second-order valence-electron chi connectivity index (χ2n) is 4.41. The number of benzene rings is 1. The third-order valence-corrected chi connectivity index (χ3v) is 3.33. The summed E-state index contributed by atoms with van der Waals surface area (Å²) in [5, 5.41) is 3.56. The van der Waals surface area contributed by atoms with Crippen LogP contribution >= 0.6 is 11.6 Å². The van der Waals surface area contributed by atoms with Crippen LogP contribution in [0, 0.1) is 6.92 Å². The maximum absolute atomic E-state index is 5.83. The lowest BCUT2D eigenvalue weighted by Crippen LogP contribution is -2.11. The first-order chi connectivity index (χ1) is 8.72. The Morgan fingerprint density at radius 1 is 1.22 bits per heavy atom. The molecule has 0 fully saturated rings. The fourth-order valence-corrected chi connectivity index (χ4v) is 2.58. The summed E-state index contributed by atoms with van der Waals surface area (Å²) in [4.78, 5) is 12.3. The molecule has 3 rings (SSSR count). The summed E-state index contributed by atoms with van der Waals surface area (Å²) in [6.07, 6.45) is 2.15. The predicted octanol–water partition coefficient (Wildman–Crippen LogP) is 2.93. The molecule has 2 aromatic rings. The first-order valence-corrected chi connectivity index (χ1v) is 6.33. The van der Waals surface area contributed by atoms with Crippen LogP contribution < -0.4 is 5.32 Å². The van der Waals surface area contributed by atoms with Crippen molar-refractivity contribution in [3.8, 4) is 0 Å². The van der Waals surface area contributed by atoms with Gasteiger partial charge in [0.1, 0.15) is 5.82 Å². The molecule has 1 aliphatic rings. The van der Waals surface area contributed by atoms with Crippen LogP contribution in [0.4, 0.5) is 5.95 Å². The molecule has 92 valence electrons. The summed E-state index contributed by atoms with van der Waals surface area (Å²) in [6, 6.07) is 8.72. The summed E-state index contributed by atoms with van der Waals surface area (Å²) in [5.41, 5.74) is 2.72. The van der Waals surface area contributed by atoms with E-state index in [1.807, 2.05) is 0 Å². The Hall–Kier alpha value is -1.68. The number of nitrogens with one attached hydrogen (secondary N) is 1. The van der Waals surface area contributed by atoms with Crippen LogP contribution in [0.2, 0.25) is 5.28 Å². The van der Waals surface area contributed by atoms with Crippen molar-refractivity contribution in [3.63, 3.8) is 0 Å². The van der Waals surface area contributed by atoms with E-state index in [4.69, 9.17) is 11.6 Å². The molecule has 0 saturated heterocycles. The fourth-order valence-electron chi connectivity index (χ4n) is 2.38. The highest BCUT2D eigenvalue weighted by Crippen LogP contribution is 2.32. The van der Waals surface area contributed by atoms with E-state index in [1.165, 1.54) is 11.1 Å². The molecule has 1 aliphatic carbocycles. The number of aryl methyl sites for hydroxylation is 2. The molecule has 1 unspecified atom stereocenters. The van der Waals surface area contributed by atoms with Crippen LogP contribution in [0.1, 0.15) is 29.4 Å². The van der Waals surface area contributed by atoms with Crippen molar-refractivity contribution in [2.75, 3.05) is 5.32 Å². The van der Waals surface area contributed by atoms with E-state index < -0.39 is 0 Å². The van der Waals surface area contributed by atoms with Crippen molar-refractivity contribution >= 4 is 17.5 Å². The van der Waals surface area contributed by atoms with Crippen molar-refractivity contribution in [2.45, 2.75) is 25.8 Å². The molecule has 0 aliphatic heterocycles. The largest absolute Gasteiger partial charge is 0.347 e. The van der Waals surface area contributed by atoms with Crippen LogP contribution in [-0.4, -0.2) is 15.0 Å². The van der Waals surface area contributed by atoms with Crippen molar-refractivity contribution in [1.82, 2.24) is 15.0 Å². The second kappa shape index (κ2) is 4.53. The SMILES string of the molecule is Cc1nc(Cl)nc(NC2CCc3ccccc32)n1. The van der Waals surface area contributed by atoms with Crippen molar-refractivity contribution in [1.29, 1.82) is 0 Å². The molecule has 18 heavy (non-hydrogen) atoms. The van der Waals surface area contributed by atoms with Gasteiger partial charge in [-0.1, -0.05) is 24.3 Å². The monoisotopic (exact) mass is 260 g/mol. The van der Waals surface area contributed by atoms with E-state index >= 15 is 0 Å². The first kappa shape index (κ1) is 11.4. The highest BCUT2D eigenvalue weighted by Gasteiger charge is 2.22. The Morgan fingerprint density at radius 2 is 2.06 bits per heavy atom.